The predicted molar refractivity (Wildman–Crippen MR) is 273 cm³/mol. The molecule has 0 spiro atoms. The van der Waals surface area contributed by atoms with Crippen LogP contribution in [0.15, 0.2) is 48.8 Å². The molecule has 2 aromatic carbocycles. The highest BCUT2D eigenvalue weighted by molar-refractivity contribution is 6.31. The highest BCUT2D eigenvalue weighted by atomic mass is 35.5. The molecule has 6 heterocycles. The number of anilines is 4. The van der Waals surface area contributed by atoms with Crippen LogP contribution in [0, 0.1) is 23.7 Å². The van der Waals surface area contributed by atoms with E-state index in [1.807, 2.05) is 45.0 Å². The zero-order valence-corrected chi connectivity index (χ0v) is 42.2. The van der Waals surface area contributed by atoms with Crippen LogP contribution in [0.4, 0.5) is 28.3 Å². The molecule has 4 atom stereocenters. The number of aromatic nitrogens is 4. The Morgan fingerprint density at radius 3 is 1.54 bits per heavy atom. The maximum absolute atomic E-state index is 13.4. The number of nitrogens with zero attached hydrogens (tertiary/aromatic N) is 7. The van der Waals surface area contributed by atoms with Gasteiger partial charge in [-0.2, -0.15) is 9.97 Å². The Morgan fingerprint density at radius 1 is 0.690 bits per heavy atom. The van der Waals surface area contributed by atoms with Gasteiger partial charge in [0, 0.05) is 86.9 Å². The first-order valence-electron chi connectivity index (χ1n) is 25.0. The summed E-state index contributed by atoms with van der Waals surface area (Å²) in [5.41, 5.74) is 3.48. The summed E-state index contributed by atoms with van der Waals surface area (Å²) >= 11 is 12.5. The molecular formula is C51H66Cl2N12O6. The van der Waals surface area contributed by atoms with E-state index in [1.165, 1.54) is 12.8 Å². The number of fused-ring (bicyclic) bond motifs is 2. The second-order valence-electron chi connectivity index (χ2n) is 20.8. The number of halogens is 2. The van der Waals surface area contributed by atoms with E-state index in [0.717, 1.165) is 86.9 Å². The number of carbonyl (C=O) groups excluding carboxylic acids is 3. The summed E-state index contributed by atoms with van der Waals surface area (Å²) in [6.45, 7) is 12.9. The SMILES string of the molecule is CC(C)(C)OC(=O)N1CCC(NC(=O)c2cnc(N3CC4CC4C3)nc2NCc2ccc(CO)c(Cl)c2)CC1.O=C(NC1CCNCC1)c1cnc(N2CC3CC3C2)nc1NCc1ccc(CO)c(Cl)c1. The topological polar surface area (TPSA) is 222 Å². The molecule has 3 amide bonds. The Hall–Kier alpha value is -5.53. The quantitative estimate of drug-likeness (QED) is 0.0771. The molecule has 380 valence electrons. The largest absolute Gasteiger partial charge is 0.444 e. The Labute approximate surface area is 425 Å². The van der Waals surface area contributed by atoms with E-state index in [2.05, 4.69) is 46.4 Å². The van der Waals surface area contributed by atoms with Gasteiger partial charge >= 0.3 is 6.09 Å². The molecule has 18 nitrogen and oxygen atoms in total. The van der Waals surface area contributed by atoms with Gasteiger partial charge in [0.1, 0.15) is 28.4 Å². The van der Waals surface area contributed by atoms with Gasteiger partial charge in [0.25, 0.3) is 11.8 Å². The molecule has 6 aliphatic rings. The number of piperidine rings is 4. The van der Waals surface area contributed by atoms with Crippen LogP contribution in [0.2, 0.25) is 10.0 Å². The summed E-state index contributed by atoms with van der Waals surface area (Å²) in [6.07, 6.45) is 8.61. The zero-order chi connectivity index (χ0) is 49.8. The van der Waals surface area contributed by atoms with Crippen molar-refractivity contribution in [1.29, 1.82) is 0 Å². The summed E-state index contributed by atoms with van der Waals surface area (Å²) < 4.78 is 5.48. The van der Waals surface area contributed by atoms with Crippen molar-refractivity contribution in [2.45, 2.75) is 103 Å². The zero-order valence-electron chi connectivity index (χ0n) is 40.7. The van der Waals surface area contributed by atoms with Crippen molar-refractivity contribution in [2.75, 3.05) is 72.8 Å². The van der Waals surface area contributed by atoms with Gasteiger partial charge in [-0.05, 0) is 130 Å². The number of aliphatic hydroxyl groups is 2. The first-order valence-corrected chi connectivity index (χ1v) is 25.7. The number of nitrogens with one attached hydrogen (secondary N) is 5. The minimum absolute atomic E-state index is 0.0701. The van der Waals surface area contributed by atoms with Crippen molar-refractivity contribution in [3.8, 4) is 0 Å². The van der Waals surface area contributed by atoms with Crippen LogP contribution in [0.5, 0.6) is 0 Å². The summed E-state index contributed by atoms with van der Waals surface area (Å²) in [6, 6.07) is 11.1. The Balaban J connectivity index is 0.000000179. The van der Waals surface area contributed by atoms with Gasteiger partial charge in [0.15, 0.2) is 0 Å². The number of amides is 3. The van der Waals surface area contributed by atoms with E-state index in [4.69, 9.17) is 37.9 Å². The minimum atomic E-state index is -0.542. The minimum Gasteiger partial charge on any atom is -0.444 e. The monoisotopic (exact) mass is 1010 g/mol. The van der Waals surface area contributed by atoms with E-state index < -0.39 is 5.60 Å². The smallest absolute Gasteiger partial charge is 0.410 e. The van der Waals surface area contributed by atoms with E-state index in [-0.39, 0.29) is 43.2 Å². The van der Waals surface area contributed by atoms with E-state index >= 15 is 0 Å². The normalized spacial score (nSPS) is 21.6. The first-order chi connectivity index (χ1) is 34.2. The lowest BCUT2D eigenvalue weighted by Gasteiger charge is -2.33. The lowest BCUT2D eigenvalue weighted by atomic mass is 10.0. The third-order valence-electron chi connectivity index (χ3n) is 14.2. The maximum atomic E-state index is 13.4. The summed E-state index contributed by atoms with van der Waals surface area (Å²) in [5, 5.41) is 36.0. The summed E-state index contributed by atoms with van der Waals surface area (Å²) in [4.78, 5) is 63.5. The van der Waals surface area contributed by atoms with Gasteiger partial charge in [-0.25, -0.2) is 14.8 Å². The molecule has 10 rings (SSSR count). The number of aliphatic hydroxyl groups excluding tert-OH is 2. The molecule has 0 radical (unpaired) electrons. The molecule has 20 heteroatoms. The lowest BCUT2D eigenvalue weighted by molar-refractivity contribution is 0.0199. The number of hydrogen-bond donors (Lipinski definition) is 7. The fourth-order valence-corrected chi connectivity index (χ4v) is 10.4. The predicted octanol–water partition coefficient (Wildman–Crippen LogP) is 5.99. The van der Waals surface area contributed by atoms with Gasteiger partial charge in [-0.1, -0.05) is 47.5 Å². The average Bonchev–Trinajstić information content (AvgIpc) is 4.20. The third-order valence-corrected chi connectivity index (χ3v) is 14.9. The van der Waals surface area contributed by atoms with Crippen LogP contribution >= 0.6 is 23.2 Å². The molecule has 6 fully saturated rings. The average molecular weight is 1010 g/mol. The molecule has 4 saturated heterocycles. The first kappa shape index (κ1) is 50.4. The van der Waals surface area contributed by atoms with E-state index in [9.17, 15) is 24.6 Å². The number of rotatable bonds is 14. The number of ether oxygens (including phenoxy) is 1. The standard InChI is InChI=1S/C28H37ClN6O4.C23H29ClN6O2/c1-28(2,3)39-27(38)34-8-6-21(7-9-34)32-25(37)22-13-31-26(35-14-19-11-20(19)15-35)33-24(22)30-12-17-4-5-18(16-36)23(29)10-17;24-20-7-14(1-2-15(20)13-31)9-26-21-19(22(32)28-18-3-5-25-6-4-18)10-27-23(29-21)30-11-16-8-17(16)12-30/h4-5,10,13,19-21,36H,6-9,11-12,14-16H2,1-3H3,(H,32,37)(H,30,31,33);1-2,7,10,16-18,25,31H,3-6,8-9,11-13H2,(H,28,32)(H,26,27,29). The second-order valence-corrected chi connectivity index (χ2v) is 21.6. The second kappa shape index (κ2) is 22.1. The van der Waals surface area contributed by atoms with Crippen LogP contribution in [-0.4, -0.2) is 123 Å². The Bertz CT molecular complexity index is 2550. The van der Waals surface area contributed by atoms with Crippen LogP contribution < -0.4 is 36.4 Å². The summed E-state index contributed by atoms with van der Waals surface area (Å²) in [5.74, 6) is 4.89. The molecule has 7 N–H and O–H groups in total. The van der Waals surface area contributed by atoms with Gasteiger partial charge in [0.05, 0.1) is 13.2 Å². The van der Waals surface area contributed by atoms with Crippen molar-refractivity contribution in [1.82, 2.24) is 40.8 Å². The fraction of sp³-hybridized carbons (Fsp3) is 0.549. The van der Waals surface area contributed by atoms with Crippen molar-refractivity contribution < 1.29 is 29.3 Å². The van der Waals surface area contributed by atoms with Gasteiger partial charge < -0.3 is 56.2 Å². The van der Waals surface area contributed by atoms with Crippen molar-refractivity contribution >= 4 is 64.6 Å². The van der Waals surface area contributed by atoms with Crippen LogP contribution in [0.1, 0.15) is 102 Å². The van der Waals surface area contributed by atoms with Crippen molar-refractivity contribution in [2.24, 2.45) is 23.7 Å². The number of benzene rings is 2. The summed E-state index contributed by atoms with van der Waals surface area (Å²) in [7, 11) is 0. The lowest BCUT2D eigenvalue weighted by Crippen LogP contribution is -2.47. The van der Waals surface area contributed by atoms with Crippen LogP contribution in [0.3, 0.4) is 0 Å². The molecule has 2 saturated carbocycles. The van der Waals surface area contributed by atoms with Crippen LogP contribution in [-0.2, 0) is 31.0 Å². The molecule has 4 aliphatic heterocycles. The van der Waals surface area contributed by atoms with Crippen molar-refractivity contribution in [3.63, 3.8) is 0 Å². The highest BCUT2D eigenvalue weighted by Gasteiger charge is 2.47. The molecule has 2 aromatic heterocycles. The number of hydrogen-bond acceptors (Lipinski definition) is 15. The van der Waals surface area contributed by atoms with Crippen molar-refractivity contribution in [3.05, 3.63) is 92.2 Å². The maximum Gasteiger partial charge on any atom is 0.410 e. The van der Waals surface area contributed by atoms with E-state index in [0.29, 0.717) is 94.9 Å². The molecule has 4 unspecified atom stereocenters. The number of likely N-dealkylation sites (tertiary alicyclic amines) is 1. The van der Waals surface area contributed by atoms with Gasteiger partial charge in [-0.3, -0.25) is 9.59 Å². The van der Waals surface area contributed by atoms with Gasteiger partial charge in [0.2, 0.25) is 11.9 Å². The molecule has 4 aromatic rings. The fourth-order valence-electron chi connectivity index (χ4n) is 9.83. The molecule has 71 heavy (non-hydrogen) atoms. The van der Waals surface area contributed by atoms with Gasteiger partial charge in [-0.15, -0.1) is 0 Å². The highest BCUT2D eigenvalue weighted by Crippen LogP contribution is 2.46. The molecule has 0 bridgehead atoms. The number of carbonyl (C=O) groups is 3. The Kier molecular flexibility index (Phi) is 15.7. The molecule has 2 aliphatic carbocycles. The van der Waals surface area contributed by atoms with Crippen LogP contribution in [0.25, 0.3) is 0 Å². The van der Waals surface area contributed by atoms with E-state index in [1.54, 1.807) is 29.4 Å². The third kappa shape index (κ3) is 12.9. The Morgan fingerprint density at radius 2 is 1.13 bits per heavy atom. The molecular weight excluding hydrogens is 948 g/mol.